The third-order valence-electron chi connectivity index (χ3n) is 4.62. The summed E-state index contributed by atoms with van der Waals surface area (Å²) >= 11 is 5.98. The van der Waals surface area contributed by atoms with Crippen molar-refractivity contribution in [1.29, 1.82) is 0 Å². The SMILES string of the molecule is O=C(Cc1cocn1)Nc1nccc2c1CN(Cc1cnc(OCC(F)(F)F)c(Cl)c1)C2=O. The van der Waals surface area contributed by atoms with Gasteiger partial charge in [0.15, 0.2) is 13.0 Å². The molecule has 3 aromatic rings. The second-order valence-electron chi connectivity index (χ2n) is 7.09. The van der Waals surface area contributed by atoms with Crippen LogP contribution >= 0.6 is 11.6 Å². The smallest absolute Gasteiger partial charge is 0.422 e. The molecule has 0 radical (unpaired) electrons. The fourth-order valence-corrected chi connectivity index (χ4v) is 3.46. The van der Waals surface area contributed by atoms with Crippen LogP contribution in [0, 0.1) is 0 Å². The first kappa shape index (κ1) is 22.5. The quantitative estimate of drug-likeness (QED) is 0.550. The number of oxazole rings is 1. The van der Waals surface area contributed by atoms with Crippen molar-refractivity contribution >= 4 is 29.2 Å². The molecule has 4 rings (SSSR count). The van der Waals surface area contributed by atoms with E-state index in [0.29, 0.717) is 22.4 Å². The number of carbonyl (C=O) groups excluding carboxylic acids is 2. The van der Waals surface area contributed by atoms with Gasteiger partial charge in [-0.25, -0.2) is 15.0 Å². The summed E-state index contributed by atoms with van der Waals surface area (Å²) in [6.07, 6.45) is 0.726. The maximum Gasteiger partial charge on any atom is 0.422 e. The summed E-state index contributed by atoms with van der Waals surface area (Å²) < 4.78 is 46.4. The van der Waals surface area contributed by atoms with Gasteiger partial charge in [0.1, 0.15) is 17.1 Å². The summed E-state index contributed by atoms with van der Waals surface area (Å²) in [7, 11) is 0. The van der Waals surface area contributed by atoms with E-state index in [1.807, 2.05) is 0 Å². The Hall–Kier alpha value is -3.67. The van der Waals surface area contributed by atoms with Crippen LogP contribution < -0.4 is 10.1 Å². The van der Waals surface area contributed by atoms with E-state index in [0.717, 1.165) is 0 Å². The molecular formula is C20H15ClF3N5O4. The van der Waals surface area contributed by atoms with Crippen LogP contribution in [0.3, 0.4) is 0 Å². The highest BCUT2D eigenvalue weighted by Gasteiger charge is 2.31. The zero-order chi connectivity index (χ0) is 23.6. The van der Waals surface area contributed by atoms with Gasteiger partial charge in [-0.2, -0.15) is 13.2 Å². The van der Waals surface area contributed by atoms with Crippen molar-refractivity contribution in [2.75, 3.05) is 11.9 Å². The highest BCUT2D eigenvalue weighted by atomic mass is 35.5. The van der Waals surface area contributed by atoms with Crippen LogP contribution in [0.25, 0.3) is 0 Å². The van der Waals surface area contributed by atoms with Gasteiger partial charge in [-0.05, 0) is 17.7 Å². The highest BCUT2D eigenvalue weighted by Crippen LogP contribution is 2.30. The zero-order valence-electron chi connectivity index (χ0n) is 16.7. The Labute approximate surface area is 189 Å². The van der Waals surface area contributed by atoms with Gasteiger partial charge in [-0.1, -0.05) is 11.6 Å². The van der Waals surface area contributed by atoms with E-state index in [9.17, 15) is 22.8 Å². The Morgan fingerprint density at radius 1 is 1.30 bits per heavy atom. The number of aromatic nitrogens is 3. The minimum atomic E-state index is -4.52. The van der Waals surface area contributed by atoms with Crippen LogP contribution in [0.15, 0.2) is 41.6 Å². The molecule has 0 atom stereocenters. The van der Waals surface area contributed by atoms with Gasteiger partial charge in [0.2, 0.25) is 11.8 Å². The highest BCUT2D eigenvalue weighted by molar-refractivity contribution is 6.31. The molecule has 1 aliphatic rings. The summed E-state index contributed by atoms with van der Waals surface area (Å²) in [5.74, 6) is -0.770. The van der Waals surface area contributed by atoms with E-state index in [-0.39, 0.29) is 48.0 Å². The van der Waals surface area contributed by atoms with E-state index < -0.39 is 12.8 Å². The Morgan fingerprint density at radius 3 is 2.82 bits per heavy atom. The standard InChI is InChI=1S/C20H15ClF3N5O4/c21-15-3-11(5-26-18(15)33-9-20(22,23)24)6-29-7-14-13(19(29)31)1-2-25-17(14)28-16(30)4-12-8-32-10-27-12/h1-3,5,8,10H,4,6-7,9H2,(H,25,28,30). The molecule has 0 saturated heterocycles. The molecule has 1 N–H and O–H groups in total. The van der Waals surface area contributed by atoms with Crippen LogP contribution in [0.2, 0.25) is 5.02 Å². The normalized spacial score (nSPS) is 13.2. The molecule has 13 heteroatoms. The summed E-state index contributed by atoms with van der Waals surface area (Å²) in [4.78, 5) is 38.4. The summed E-state index contributed by atoms with van der Waals surface area (Å²) in [5.41, 5.74) is 1.86. The number of carbonyl (C=O) groups is 2. The van der Waals surface area contributed by atoms with Gasteiger partial charge < -0.3 is 19.4 Å². The van der Waals surface area contributed by atoms with Gasteiger partial charge in [0.25, 0.3) is 5.91 Å². The van der Waals surface area contributed by atoms with Crippen molar-refractivity contribution in [2.45, 2.75) is 25.7 Å². The summed E-state index contributed by atoms with van der Waals surface area (Å²) in [6, 6.07) is 2.93. The monoisotopic (exact) mass is 481 g/mol. The number of anilines is 1. The second-order valence-corrected chi connectivity index (χ2v) is 7.49. The molecule has 4 heterocycles. The Kier molecular flexibility index (Phi) is 6.18. The van der Waals surface area contributed by atoms with Crippen molar-refractivity contribution in [2.24, 2.45) is 0 Å². The zero-order valence-corrected chi connectivity index (χ0v) is 17.5. The van der Waals surface area contributed by atoms with Crippen molar-refractivity contribution in [3.63, 3.8) is 0 Å². The van der Waals surface area contributed by atoms with E-state index in [2.05, 4.69) is 25.0 Å². The molecule has 0 fully saturated rings. The summed E-state index contributed by atoms with van der Waals surface area (Å²) in [5, 5.41) is 2.57. The van der Waals surface area contributed by atoms with Crippen molar-refractivity contribution in [1.82, 2.24) is 19.9 Å². The number of hydrogen-bond acceptors (Lipinski definition) is 7. The van der Waals surface area contributed by atoms with Gasteiger partial charge >= 0.3 is 6.18 Å². The number of pyridine rings is 2. The molecule has 0 unspecified atom stereocenters. The first-order valence-electron chi connectivity index (χ1n) is 9.47. The van der Waals surface area contributed by atoms with Crippen molar-refractivity contribution in [3.8, 4) is 5.88 Å². The average molecular weight is 482 g/mol. The maximum absolute atomic E-state index is 12.8. The average Bonchev–Trinajstić information content (AvgIpc) is 3.36. The van der Waals surface area contributed by atoms with Gasteiger partial charge in [-0.3, -0.25) is 9.59 Å². The predicted octanol–water partition coefficient (Wildman–Crippen LogP) is 3.40. The lowest BCUT2D eigenvalue weighted by molar-refractivity contribution is -0.154. The van der Waals surface area contributed by atoms with Crippen molar-refractivity contribution in [3.05, 3.63) is 64.6 Å². The number of amides is 2. The number of alkyl halides is 3. The lowest BCUT2D eigenvalue weighted by Crippen LogP contribution is -2.23. The van der Waals surface area contributed by atoms with Crippen LogP contribution in [-0.4, -0.2) is 44.4 Å². The number of halogens is 4. The molecule has 172 valence electrons. The van der Waals surface area contributed by atoms with Crippen LogP contribution in [-0.2, 0) is 24.3 Å². The summed E-state index contributed by atoms with van der Waals surface area (Å²) in [6.45, 7) is -1.27. The van der Waals surface area contributed by atoms with E-state index in [1.54, 1.807) is 6.07 Å². The molecule has 0 aliphatic carbocycles. The molecule has 0 bridgehead atoms. The number of rotatable bonds is 7. The molecule has 0 saturated carbocycles. The van der Waals surface area contributed by atoms with Gasteiger partial charge in [-0.15, -0.1) is 0 Å². The first-order chi connectivity index (χ1) is 15.7. The van der Waals surface area contributed by atoms with E-state index in [4.69, 9.17) is 16.0 Å². The van der Waals surface area contributed by atoms with Crippen molar-refractivity contribution < 1.29 is 31.9 Å². The largest absolute Gasteiger partial charge is 0.467 e. The second kappa shape index (κ2) is 9.06. The Morgan fingerprint density at radius 2 is 2.12 bits per heavy atom. The van der Waals surface area contributed by atoms with Crippen LogP contribution in [0.5, 0.6) is 5.88 Å². The number of nitrogens with one attached hydrogen (secondary N) is 1. The number of hydrogen-bond donors (Lipinski definition) is 1. The molecule has 1 aliphatic heterocycles. The third kappa shape index (κ3) is 5.40. The minimum Gasteiger partial charge on any atom is -0.467 e. The molecule has 0 spiro atoms. The first-order valence-corrected chi connectivity index (χ1v) is 9.85. The van der Waals surface area contributed by atoms with E-state index in [1.165, 1.54) is 36.0 Å². The molecule has 9 nitrogen and oxygen atoms in total. The van der Waals surface area contributed by atoms with E-state index >= 15 is 0 Å². The molecule has 2 amide bonds. The Balaban J connectivity index is 1.44. The molecular weight excluding hydrogens is 467 g/mol. The van der Waals surface area contributed by atoms with Gasteiger partial charge in [0.05, 0.1) is 18.7 Å². The lowest BCUT2D eigenvalue weighted by Gasteiger charge is -2.16. The van der Waals surface area contributed by atoms with Crippen LogP contribution in [0.4, 0.5) is 19.0 Å². The number of nitrogens with zero attached hydrogens (tertiary/aromatic N) is 4. The molecule has 3 aromatic heterocycles. The Bertz CT molecular complexity index is 1190. The van der Waals surface area contributed by atoms with Crippen LogP contribution in [0.1, 0.15) is 27.2 Å². The fourth-order valence-electron chi connectivity index (χ4n) is 3.22. The van der Waals surface area contributed by atoms with Gasteiger partial charge in [0, 0.05) is 30.1 Å². The maximum atomic E-state index is 12.8. The molecule has 0 aromatic carbocycles. The lowest BCUT2D eigenvalue weighted by atomic mass is 10.1. The molecule has 33 heavy (non-hydrogen) atoms. The number of fused-ring (bicyclic) bond motifs is 1. The minimum absolute atomic E-state index is 0.0214. The number of ether oxygens (including phenoxy) is 1. The predicted molar refractivity (Wildman–Crippen MR) is 107 cm³/mol. The fraction of sp³-hybridized carbons (Fsp3) is 0.250. The third-order valence-corrected chi connectivity index (χ3v) is 4.89. The topological polar surface area (TPSA) is 110 Å².